The third-order valence-corrected chi connectivity index (χ3v) is 4.85. The third kappa shape index (κ3) is 5.01. The fraction of sp³-hybridized carbons (Fsp3) is 0.0500. The lowest BCUT2D eigenvalue weighted by atomic mass is 10.2. The SMILES string of the molecule is O=C(N/N=C\c1ccc(Cl)c(Cl)c1)c1cccn(Cc2ccc(Cl)cc2)c1=O. The fourth-order valence-corrected chi connectivity index (χ4v) is 2.87. The number of aromatic nitrogens is 1. The molecule has 142 valence electrons. The molecule has 5 nitrogen and oxygen atoms in total. The van der Waals surface area contributed by atoms with E-state index in [1.165, 1.54) is 16.8 Å². The van der Waals surface area contributed by atoms with Crippen molar-refractivity contribution in [1.29, 1.82) is 0 Å². The highest BCUT2D eigenvalue weighted by molar-refractivity contribution is 6.42. The maximum absolute atomic E-state index is 12.6. The Hall–Kier alpha value is -2.60. The van der Waals surface area contributed by atoms with Crippen molar-refractivity contribution >= 4 is 46.9 Å². The summed E-state index contributed by atoms with van der Waals surface area (Å²) in [6.07, 6.45) is 3.03. The Morgan fingerprint density at radius 2 is 1.79 bits per heavy atom. The summed E-state index contributed by atoms with van der Waals surface area (Å²) in [4.78, 5) is 24.9. The Labute approximate surface area is 176 Å². The molecule has 1 heterocycles. The van der Waals surface area contributed by atoms with Gasteiger partial charge in [-0.25, -0.2) is 5.43 Å². The first kappa shape index (κ1) is 20.1. The summed E-state index contributed by atoms with van der Waals surface area (Å²) in [6.45, 7) is 0.323. The number of hydrogen-bond donors (Lipinski definition) is 1. The molecule has 1 aromatic heterocycles. The predicted octanol–water partition coefficient (Wildman–Crippen LogP) is 4.62. The highest BCUT2D eigenvalue weighted by Crippen LogP contribution is 2.21. The number of halogens is 3. The largest absolute Gasteiger partial charge is 0.310 e. The van der Waals surface area contributed by atoms with Crippen molar-refractivity contribution in [3.05, 3.63) is 103 Å². The van der Waals surface area contributed by atoms with Gasteiger partial charge in [0.05, 0.1) is 22.8 Å². The molecular weight excluding hydrogens is 421 g/mol. The molecule has 28 heavy (non-hydrogen) atoms. The quantitative estimate of drug-likeness (QED) is 0.470. The number of nitrogens with one attached hydrogen (secondary N) is 1. The molecule has 1 N–H and O–H groups in total. The van der Waals surface area contributed by atoms with Crippen LogP contribution in [0.3, 0.4) is 0 Å². The van der Waals surface area contributed by atoms with E-state index >= 15 is 0 Å². The van der Waals surface area contributed by atoms with Gasteiger partial charge in [0.15, 0.2) is 0 Å². The zero-order valence-electron chi connectivity index (χ0n) is 14.4. The average Bonchev–Trinajstić information content (AvgIpc) is 2.68. The highest BCUT2D eigenvalue weighted by atomic mass is 35.5. The molecular formula is C20H14Cl3N3O2. The Morgan fingerprint density at radius 3 is 2.50 bits per heavy atom. The van der Waals surface area contributed by atoms with Gasteiger partial charge in [-0.2, -0.15) is 5.10 Å². The number of nitrogens with zero attached hydrogens (tertiary/aromatic N) is 2. The molecule has 2 aromatic carbocycles. The number of amides is 1. The van der Waals surface area contributed by atoms with Crippen LogP contribution in [0.25, 0.3) is 0 Å². The van der Waals surface area contributed by atoms with Gasteiger partial charge in [0.25, 0.3) is 11.5 Å². The van der Waals surface area contributed by atoms with Crippen molar-refractivity contribution in [1.82, 2.24) is 9.99 Å². The molecule has 0 saturated carbocycles. The number of rotatable bonds is 5. The number of hydrazone groups is 1. The molecule has 0 aliphatic rings. The molecule has 0 aliphatic carbocycles. The van der Waals surface area contributed by atoms with Crippen molar-refractivity contribution in [2.24, 2.45) is 5.10 Å². The van der Waals surface area contributed by atoms with Crippen LogP contribution < -0.4 is 11.0 Å². The molecule has 0 radical (unpaired) electrons. The zero-order chi connectivity index (χ0) is 20.1. The Kier molecular flexibility index (Phi) is 6.52. The first-order chi connectivity index (χ1) is 13.4. The van der Waals surface area contributed by atoms with Crippen LogP contribution in [-0.2, 0) is 6.54 Å². The monoisotopic (exact) mass is 433 g/mol. The van der Waals surface area contributed by atoms with Gasteiger partial charge < -0.3 is 4.57 Å². The number of hydrogen-bond acceptors (Lipinski definition) is 3. The number of benzene rings is 2. The Bertz CT molecular complexity index is 1090. The minimum absolute atomic E-state index is 0.0113. The molecule has 0 spiro atoms. The molecule has 0 bridgehead atoms. The summed E-state index contributed by atoms with van der Waals surface area (Å²) >= 11 is 17.7. The molecule has 3 rings (SSSR count). The second kappa shape index (κ2) is 9.06. The first-order valence-electron chi connectivity index (χ1n) is 8.16. The van der Waals surface area contributed by atoms with Gasteiger partial charge in [-0.1, -0.05) is 53.0 Å². The van der Waals surface area contributed by atoms with Crippen LogP contribution in [0.15, 0.2) is 70.7 Å². The summed E-state index contributed by atoms with van der Waals surface area (Å²) in [7, 11) is 0. The van der Waals surface area contributed by atoms with Crippen LogP contribution in [0.1, 0.15) is 21.5 Å². The number of pyridine rings is 1. The van der Waals surface area contributed by atoms with E-state index in [9.17, 15) is 9.59 Å². The fourth-order valence-electron chi connectivity index (χ4n) is 2.44. The van der Waals surface area contributed by atoms with Crippen molar-refractivity contribution in [3.8, 4) is 0 Å². The van der Waals surface area contributed by atoms with E-state index in [4.69, 9.17) is 34.8 Å². The highest BCUT2D eigenvalue weighted by Gasteiger charge is 2.11. The van der Waals surface area contributed by atoms with Gasteiger partial charge in [-0.3, -0.25) is 9.59 Å². The Morgan fingerprint density at radius 1 is 1.04 bits per heavy atom. The summed E-state index contributed by atoms with van der Waals surface area (Å²) < 4.78 is 1.45. The molecule has 3 aromatic rings. The van der Waals surface area contributed by atoms with E-state index in [-0.39, 0.29) is 5.56 Å². The lowest BCUT2D eigenvalue weighted by Crippen LogP contribution is -2.30. The molecule has 1 amide bonds. The minimum Gasteiger partial charge on any atom is -0.310 e. The van der Waals surface area contributed by atoms with Gasteiger partial charge >= 0.3 is 0 Å². The van der Waals surface area contributed by atoms with Crippen molar-refractivity contribution in [2.45, 2.75) is 6.54 Å². The van der Waals surface area contributed by atoms with Crippen molar-refractivity contribution < 1.29 is 4.79 Å². The summed E-state index contributed by atoms with van der Waals surface area (Å²) in [5.41, 5.74) is 3.46. The summed E-state index contributed by atoms with van der Waals surface area (Å²) in [6, 6.07) is 15.2. The van der Waals surface area contributed by atoms with E-state index < -0.39 is 11.5 Å². The smallest absolute Gasteiger partial charge is 0.276 e. The third-order valence-electron chi connectivity index (χ3n) is 3.85. The lowest BCUT2D eigenvalue weighted by molar-refractivity contribution is 0.0953. The van der Waals surface area contributed by atoms with Gasteiger partial charge in [0.2, 0.25) is 0 Å². The predicted molar refractivity (Wildman–Crippen MR) is 113 cm³/mol. The van der Waals surface area contributed by atoms with Crippen molar-refractivity contribution in [2.75, 3.05) is 0 Å². The van der Waals surface area contributed by atoms with E-state index in [1.54, 1.807) is 42.6 Å². The molecule has 8 heteroatoms. The lowest BCUT2D eigenvalue weighted by Gasteiger charge is -2.08. The van der Waals surface area contributed by atoms with E-state index in [0.717, 1.165) is 5.56 Å². The van der Waals surface area contributed by atoms with Crippen molar-refractivity contribution in [3.63, 3.8) is 0 Å². The molecule has 0 unspecified atom stereocenters. The van der Waals surface area contributed by atoms with Crippen LogP contribution in [0.5, 0.6) is 0 Å². The van der Waals surface area contributed by atoms with Gasteiger partial charge in [-0.15, -0.1) is 0 Å². The van der Waals surface area contributed by atoms with Gasteiger partial charge in [0, 0.05) is 11.2 Å². The second-order valence-electron chi connectivity index (χ2n) is 5.85. The maximum Gasteiger partial charge on any atom is 0.276 e. The normalized spacial score (nSPS) is 11.0. The van der Waals surface area contributed by atoms with Crippen LogP contribution in [-0.4, -0.2) is 16.7 Å². The average molecular weight is 435 g/mol. The van der Waals surface area contributed by atoms with Crippen LogP contribution >= 0.6 is 34.8 Å². The van der Waals surface area contributed by atoms with E-state index in [2.05, 4.69) is 10.5 Å². The van der Waals surface area contributed by atoms with Gasteiger partial charge in [0.1, 0.15) is 5.56 Å². The molecule has 0 fully saturated rings. The topological polar surface area (TPSA) is 63.5 Å². The van der Waals surface area contributed by atoms with Crippen LogP contribution in [0.4, 0.5) is 0 Å². The van der Waals surface area contributed by atoms with Crippen LogP contribution in [0.2, 0.25) is 15.1 Å². The first-order valence-corrected chi connectivity index (χ1v) is 9.30. The van der Waals surface area contributed by atoms with Gasteiger partial charge in [-0.05, 0) is 47.5 Å². The standard InChI is InChI=1S/C20H14Cl3N3O2/c21-15-6-3-13(4-7-15)12-26-9-1-2-16(20(26)28)19(27)25-24-11-14-5-8-17(22)18(23)10-14/h1-11H,12H2,(H,25,27)/b24-11-. The Balaban J connectivity index is 1.73. The minimum atomic E-state index is -0.605. The number of carbonyl (C=O) groups is 1. The zero-order valence-corrected chi connectivity index (χ0v) is 16.7. The molecule has 0 saturated heterocycles. The summed E-state index contributed by atoms with van der Waals surface area (Å²) in [5, 5.41) is 5.28. The maximum atomic E-state index is 12.6. The number of carbonyl (C=O) groups excluding carboxylic acids is 1. The summed E-state index contributed by atoms with van der Waals surface area (Å²) in [5.74, 6) is -0.605. The molecule has 0 atom stereocenters. The van der Waals surface area contributed by atoms with E-state index in [0.29, 0.717) is 27.2 Å². The molecule has 0 aliphatic heterocycles. The van der Waals surface area contributed by atoms with Crippen LogP contribution in [0, 0.1) is 0 Å². The van der Waals surface area contributed by atoms with E-state index in [1.807, 2.05) is 12.1 Å². The second-order valence-corrected chi connectivity index (χ2v) is 7.10.